The van der Waals surface area contributed by atoms with Crippen LogP contribution in [0.1, 0.15) is 33.6 Å². The standard InChI is InChI=1S/C16H17FN2O3S/c1-2-3-14-18-8-13(23-14)16(22)19(10-15(20)21)9-11-4-6-12(17)7-5-11/h4-8H,2-3,9-10H2,1H3,(H,20,21). The highest BCUT2D eigenvalue weighted by molar-refractivity contribution is 7.13. The van der Waals surface area contributed by atoms with Gasteiger partial charge in [-0.25, -0.2) is 9.37 Å². The van der Waals surface area contributed by atoms with Crippen LogP contribution in [0.15, 0.2) is 30.5 Å². The van der Waals surface area contributed by atoms with Gasteiger partial charge in [0.1, 0.15) is 17.2 Å². The summed E-state index contributed by atoms with van der Waals surface area (Å²) in [5.74, 6) is -1.85. The number of rotatable bonds is 7. The summed E-state index contributed by atoms with van der Waals surface area (Å²) >= 11 is 1.28. The fraction of sp³-hybridized carbons (Fsp3) is 0.312. The van der Waals surface area contributed by atoms with Gasteiger partial charge >= 0.3 is 5.97 Å². The second kappa shape index (κ2) is 7.82. The number of carboxylic acid groups (broad SMARTS) is 1. The van der Waals surface area contributed by atoms with Crippen molar-refractivity contribution in [3.8, 4) is 0 Å². The molecule has 1 N–H and O–H groups in total. The van der Waals surface area contributed by atoms with Crippen molar-refractivity contribution in [2.45, 2.75) is 26.3 Å². The van der Waals surface area contributed by atoms with Gasteiger partial charge in [-0.3, -0.25) is 9.59 Å². The van der Waals surface area contributed by atoms with Crippen LogP contribution in [0, 0.1) is 5.82 Å². The lowest BCUT2D eigenvalue weighted by atomic mass is 10.2. The van der Waals surface area contributed by atoms with Crippen molar-refractivity contribution in [2.75, 3.05) is 6.54 Å². The molecule has 23 heavy (non-hydrogen) atoms. The van der Waals surface area contributed by atoms with Gasteiger partial charge in [-0.2, -0.15) is 0 Å². The fourth-order valence-corrected chi connectivity index (χ4v) is 3.05. The summed E-state index contributed by atoms with van der Waals surface area (Å²) in [6.07, 6.45) is 3.20. The van der Waals surface area contributed by atoms with Crippen LogP contribution in [0.25, 0.3) is 0 Å². The molecule has 7 heteroatoms. The monoisotopic (exact) mass is 336 g/mol. The Kier molecular flexibility index (Phi) is 5.81. The summed E-state index contributed by atoms with van der Waals surface area (Å²) in [6.45, 7) is 1.71. The van der Waals surface area contributed by atoms with Crippen LogP contribution >= 0.6 is 11.3 Å². The maximum Gasteiger partial charge on any atom is 0.323 e. The molecule has 0 radical (unpaired) electrons. The predicted molar refractivity (Wildman–Crippen MR) is 84.9 cm³/mol. The number of carbonyl (C=O) groups is 2. The summed E-state index contributed by atoms with van der Waals surface area (Å²) < 4.78 is 13.0. The van der Waals surface area contributed by atoms with Crippen molar-refractivity contribution in [3.63, 3.8) is 0 Å². The van der Waals surface area contributed by atoms with E-state index < -0.39 is 12.5 Å². The quantitative estimate of drug-likeness (QED) is 0.844. The molecule has 0 atom stereocenters. The highest BCUT2D eigenvalue weighted by Crippen LogP contribution is 2.18. The average molecular weight is 336 g/mol. The zero-order valence-corrected chi connectivity index (χ0v) is 13.5. The number of hydrogen-bond acceptors (Lipinski definition) is 4. The third-order valence-corrected chi connectivity index (χ3v) is 4.17. The highest BCUT2D eigenvalue weighted by atomic mass is 32.1. The highest BCUT2D eigenvalue weighted by Gasteiger charge is 2.21. The molecule has 0 saturated carbocycles. The minimum atomic E-state index is -1.10. The number of nitrogens with zero attached hydrogens (tertiary/aromatic N) is 2. The lowest BCUT2D eigenvalue weighted by molar-refractivity contribution is -0.137. The molecule has 0 saturated heterocycles. The topological polar surface area (TPSA) is 70.5 Å². The van der Waals surface area contributed by atoms with Crippen LogP contribution in [0.3, 0.4) is 0 Å². The molecule has 0 aliphatic heterocycles. The van der Waals surface area contributed by atoms with E-state index in [0.717, 1.165) is 17.8 Å². The van der Waals surface area contributed by atoms with Gasteiger partial charge in [0, 0.05) is 6.54 Å². The summed E-state index contributed by atoms with van der Waals surface area (Å²) in [4.78, 5) is 29.4. The van der Waals surface area contributed by atoms with Crippen LogP contribution < -0.4 is 0 Å². The SMILES string of the molecule is CCCc1ncc(C(=O)N(CC(=O)O)Cc2ccc(F)cc2)s1. The first-order valence-electron chi connectivity index (χ1n) is 7.19. The van der Waals surface area contributed by atoms with Crippen molar-refractivity contribution in [1.29, 1.82) is 0 Å². The molecule has 0 fully saturated rings. The second-order valence-corrected chi connectivity index (χ2v) is 6.16. The normalized spacial score (nSPS) is 10.5. The van der Waals surface area contributed by atoms with E-state index in [9.17, 15) is 14.0 Å². The second-order valence-electron chi connectivity index (χ2n) is 5.05. The van der Waals surface area contributed by atoms with E-state index in [4.69, 9.17) is 5.11 Å². The Bertz CT molecular complexity index is 685. The summed E-state index contributed by atoms with van der Waals surface area (Å²) in [7, 11) is 0. The van der Waals surface area contributed by atoms with Crippen molar-refractivity contribution < 1.29 is 19.1 Å². The number of halogens is 1. The van der Waals surface area contributed by atoms with Gasteiger partial charge in [-0.1, -0.05) is 19.1 Å². The Morgan fingerprint density at radius 3 is 2.61 bits per heavy atom. The number of aromatic nitrogens is 1. The Hall–Kier alpha value is -2.28. The molecule has 1 aromatic heterocycles. The van der Waals surface area contributed by atoms with Crippen LogP contribution in [0.2, 0.25) is 0 Å². The van der Waals surface area contributed by atoms with Gasteiger partial charge in [-0.15, -0.1) is 11.3 Å². The summed E-state index contributed by atoms with van der Waals surface area (Å²) in [5, 5.41) is 9.88. The van der Waals surface area contributed by atoms with E-state index in [-0.39, 0.29) is 18.3 Å². The average Bonchev–Trinajstić information content (AvgIpc) is 2.96. The number of aryl methyl sites for hydroxylation is 1. The Morgan fingerprint density at radius 1 is 1.30 bits per heavy atom. The van der Waals surface area contributed by atoms with Crippen molar-refractivity contribution in [1.82, 2.24) is 9.88 Å². The first-order valence-corrected chi connectivity index (χ1v) is 8.01. The Morgan fingerprint density at radius 2 is 2.00 bits per heavy atom. The zero-order chi connectivity index (χ0) is 16.8. The maximum absolute atomic E-state index is 13.0. The van der Waals surface area contributed by atoms with E-state index in [1.807, 2.05) is 6.92 Å². The van der Waals surface area contributed by atoms with E-state index in [1.54, 1.807) is 0 Å². The Labute approximate surface area is 137 Å². The number of benzene rings is 1. The zero-order valence-electron chi connectivity index (χ0n) is 12.7. The number of amides is 1. The fourth-order valence-electron chi connectivity index (χ4n) is 2.07. The first kappa shape index (κ1) is 17.1. The van der Waals surface area contributed by atoms with Gasteiger partial charge in [0.15, 0.2) is 0 Å². The third-order valence-electron chi connectivity index (χ3n) is 3.13. The third kappa shape index (κ3) is 4.85. The lowest BCUT2D eigenvalue weighted by Gasteiger charge is -2.20. The van der Waals surface area contributed by atoms with Gasteiger partial charge in [0.25, 0.3) is 5.91 Å². The number of thiazole rings is 1. The number of hydrogen-bond donors (Lipinski definition) is 1. The van der Waals surface area contributed by atoms with E-state index in [0.29, 0.717) is 10.4 Å². The molecule has 0 aliphatic rings. The van der Waals surface area contributed by atoms with Gasteiger partial charge in [-0.05, 0) is 30.5 Å². The molecule has 0 spiro atoms. The Balaban J connectivity index is 2.17. The molecule has 1 aromatic carbocycles. The molecule has 2 rings (SSSR count). The molecule has 1 heterocycles. The number of aliphatic carboxylic acids is 1. The number of carboxylic acids is 1. The minimum Gasteiger partial charge on any atom is -0.480 e. The van der Waals surface area contributed by atoms with E-state index >= 15 is 0 Å². The minimum absolute atomic E-state index is 0.104. The molecular weight excluding hydrogens is 319 g/mol. The smallest absolute Gasteiger partial charge is 0.323 e. The lowest BCUT2D eigenvalue weighted by Crippen LogP contribution is -2.34. The van der Waals surface area contributed by atoms with E-state index in [1.165, 1.54) is 46.7 Å². The van der Waals surface area contributed by atoms with Crippen LogP contribution in [-0.4, -0.2) is 33.4 Å². The molecule has 0 bridgehead atoms. The summed E-state index contributed by atoms with van der Waals surface area (Å²) in [5.41, 5.74) is 0.666. The summed E-state index contributed by atoms with van der Waals surface area (Å²) in [6, 6.07) is 5.63. The van der Waals surface area contributed by atoms with Crippen LogP contribution in [-0.2, 0) is 17.8 Å². The molecular formula is C16H17FN2O3S. The molecule has 2 aromatic rings. The van der Waals surface area contributed by atoms with Crippen molar-refractivity contribution in [2.24, 2.45) is 0 Å². The van der Waals surface area contributed by atoms with Crippen molar-refractivity contribution in [3.05, 3.63) is 51.7 Å². The van der Waals surface area contributed by atoms with Crippen molar-refractivity contribution >= 4 is 23.2 Å². The largest absolute Gasteiger partial charge is 0.480 e. The van der Waals surface area contributed by atoms with Gasteiger partial charge in [0.05, 0.1) is 11.2 Å². The number of carbonyl (C=O) groups excluding carboxylic acids is 1. The first-order chi connectivity index (χ1) is 11.0. The maximum atomic E-state index is 13.0. The van der Waals surface area contributed by atoms with Crippen LogP contribution in [0.4, 0.5) is 4.39 Å². The van der Waals surface area contributed by atoms with Gasteiger partial charge < -0.3 is 10.0 Å². The van der Waals surface area contributed by atoms with Gasteiger partial charge in [0.2, 0.25) is 0 Å². The molecule has 1 amide bonds. The molecule has 0 aliphatic carbocycles. The molecule has 0 unspecified atom stereocenters. The molecule has 5 nitrogen and oxygen atoms in total. The molecule has 122 valence electrons. The van der Waals surface area contributed by atoms with Crippen LogP contribution in [0.5, 0.6) is 0 Å². The van der Waals surface area contributed by atoms with E-state index in [2.05, 4.69) is 4.98 Å². The predicted octanol–water partition coefficient (Wildman–Crippen LogP) is 2.96.